The lowest BCUT2D eigenvalue weighted by atomic mass is 10.1. The Morgan fingerprint density at radius 3 is 2.74 bits per heavy atom. The van der Waals surface area contributed by atoms with Gasteiger partial charge in [0.2, 0.25) is 0 Å². The van der Waals surface area contributed by atoms with Gasteiger partial charge in [-0.3, -0.25) is 0 Å². The van der Waals surface area contributed by atoms with Crippen LogP contribution in [0.2, 0.25) is 0 Å². The number of halogens is 2. The van der Waals surface area contributed by atoms with Crippen LogP contribution in [-0.4, -0.2) is 31.9 Å². The van der Waals surface area contributed by atoms with E-state index >= 15 is 0 Å². The van der Waals surface area contributed by atoms with Crippen LogP contribution in [0.25, 0.3) is 0 Å². The molecule has 0 aliphatic carbocycles. The van der Waals surface area contributed by atoms with Crippen molar-refractivity contribution in [2.45, 2.75) is 36.4 Å². The van der Waals surface area contributed by atoms with E-state index in [1.54, 1.807) is 10.4 Å². The fraction of sp³-hybridized carbons (Fsp3) is 0.636. The molecule has 1 aromatic rings. The van der Waals surface area contributed by atoms with E-state index in [9.17, 15) is 8.42 Å². The van der Waals surface area contributed by atoms with Crippen molar-refractivity contribution in [2.24, 2.45) is 5.73 Å². The van der Waals surface area contributed by atoms with Crippen molar-refractivity contribution in [2.75, 3.05) is 13.1 Å². The molecule has 1 saturated heterocycles. The molecule has 1 fully saturated rings. The summed E-state index contributed by atoms with van der Waals surface area (Å²) in [5, 5.41) is 0. The molecule has 2 heterocycles. The number of nitrogens with two attached hydrogens (primary N) is 1. The molecule has 0 bridgehead atoms. The van der Waals surface area contributed by atoms with Crippen LogP contribution in [0.3, 0.4) is 0 Å². The first kappa shape index (κ1) is 17.4. The molecule has 2 N–H and O–H groups in total. The maximum atomic E-state index is 12.6. The van der Waals surface area contributed by atoms with Crippen molar-refractivity contribution < 1.29 is 8.42 Å². The number of thiophene rings is 1. The molecule has 0 amide bonds. The maximum Gasteiger partial charge on any atom is 0.252 e. The lowest BCUT2D eigenvalue weighted by Crippen LogP contribution is -2.47. The van der Waals surface area contributed by atoms with E-state index in [1.165, 1.54) is 11.3 Å². The van der Waals surface area contributed by atoms with Gasteiger partial charge in [0.15, 0.2) is 0 Å². The number of hydrogen-bond acceptors (Lipinski definition) is 4. The summed E-state index contributed by atoms with van der Waals surface area (Å²) in [5.41, 5.74) is 6.65. The van der Waals surface area contributed by atoms with Gasteiger partial charge in [-0.05, 0) is 47.3 Å². The lowest BCUT2D eigenvalue weighted by molar-refractivity contribution is 0.258. The topological polar surface area (TPSA) is 63.4 Å². The maximum absolute atomic E-state index is 12.6. The van der Waals surface area contributed by atoms with Crippen LogP contribution in [0, 0.1) is 6.92 Å². The Bertz CT molecular complexity index is 513. The molecular weight excluding hydrogens is 372 g/mol. The highest BCUT2D eigenvalue weighted by atomic mass is 79.9. The average Bonchev–Trinajstić information content (AvgIpc) is 2.70. The first-order valence-electron chi connectivity index (χ1n) is 5.94. The van der Waals surface area contributed by atoms with E-state index < -0.39 is 10.0 Å². The first-order chi connectivity index (χ1) is 8.46. The standard InChI is InChI=1S/C11H17BrN2O2S2.ClH/c1-8-6-10(17-11(8)12)18(15,16)14-5-3-2-4-9(14)7-13;/h6,9H,2-5,7,13H2,1H3;1H. The summed E-state index contributed by atoms with van der Waals surface area (Å²) >= 11 is 4.65. The summed E-state index contributed by atoms with van der Waals surface area (Å²) in [7, 11) is -3.38. The molecule has 19 heavy (non-hydrogen) atoms. The molecule has 0 radical (unpaired) electrons. The average molecular weight is 390 g/mol. The van der Waals surface area contributed by atoms with Gasteiger partial charge >= 0.3 is 0 Å². The third-order valence-corrected chi connectivity index (χ3v) is 7.78. The van der Waals surface area contributed by atoms with E-state index in [4.69, 9.17) is 5.73 Å². The number of nitrogens with zero attached hydrogens (tertiary/aromatic N) is 1. The van der Waals surface area contributed by atoms with Crippen LogP contribution >= 0.6 is 39.7 Å². The molecule has 8 heteroatoms. The number of rotatable bonds is 3. The summed E-state index contributed by atoms with van der Waals surface area (Å²) in [4.78, 5) is 0. The molecule has 110 valence electrons. The Labute approximate surface area is 133 Å². The fourth-order valence-electron chi connectivity index (χ4n) is 2.20. The van der Waals surface area contributed by atoms with Crippen LogP contribution in [0.15, 0.2) is 14.1 Å². The Balaban J connectivity index is 0.00000180. The zero-order valence-corrected chi connectivity index (χ0v) is 14.7. The first-order valence-corrected chi connectivity index (χ1v) is 8.99. The van der Waals surface area contributed by atoms with Crippen LogP contribution in [0.1, 0.15) is 24.8 Å². The van der Waals surface area contributed by atoms with Crippen molar-refractivity contribution >= 4 is 49.7 Å². The van der Waals surface area contributed by atoms with E-state index in [1.807, 2.05) is 6.92 Å². The molecule has 0 saturated carbocycles. The predicted molar refractivity (Wildman–Crippen MR) is 84.6 cm³/mol. The second-order valence-electron chi connectivity index (χ2n) is 4.52. The largest absolute Gasteiger partial charge is 0.329 e. The summed E-state index contributed by atoms with van der Waals surface area (Å²) < 4.78 is 28.0. The second kappa shape index (κ2) is 6.87. The van der Waals surface area contributed by atoms with Crippen molar-refractivity contribution in [3.63, 3.8) is 0 Å². The van der Waals surface area contributed by atoms with Crippen LogP contribution in [-0.2, 0) is 10.0 Å². The Hall–Kier alpha value is 0.340. The van der Waals surface area contributed by atoms with Gasteiger partial charge in [-0.2, -0.15) is 4.31 Å². The third-order valence-electron chi connectivity index (χ3n) is 3.24. The van der Waals surface area contributed by atoms with Crippen molar-refractivity contribution in [3.05, 3.63) is 15.4 Å². The number of sulfonamides is 1. The Morgan fingerprint density at radius 1 is 1.53 bits per heavy atom. The molecule has 2 rings (SSSR count). The zero-order valence-electron chi connectivity index (χ0n) is 10.6. The van der Waals surface area contributed by atoms with Crippen molar-refractivity contribution in [1.82, 2.24) is 4.31 Å². The van der Waals surface area contributed by atoms with Crippen LogP contribution in [0.5, 0.6) is 0 Å². The molecule has 1 unspecified atom stereocenters. The van der Waals surface area contributed by atoms with E-state index in [2.05, 4.69) is 15.9 Å². The molecule has 1 atom stereocenters. The SMILES string of the molecule is Cc1cc(S(=O)(=O)N2CCCCC2CN)sc1Br.Cl. The Morgan fingerprint density at radius 2 is 2.21 bits per heavy atom. The zero-order chi connectivity index (χ0) is 13.3. The number of piperidine rings is 1. The van der Waals surface area contributed by atoms with Crippen molar-refractivity contribution in [1.29, 1.82) is 0 Å². The fourth-order valence-corrected chi connectivity index (χ4v) is 6.26. The van der Waals surface area contributed by atoms with Crippen molar-refractivity contribution in [3.8, 4) is 0 Å². The summed E-state index contributed by atoms with van der Waals surface area (Å²) in [6.45, 7) is 2.87. The summed E-state index contributed by atoms with van der Waals surface area (Å²) in [6, 6.07) is 1.68. The van der Waals surface area contributed by atoms with Gasteiger partial charge in [-0.25, -0.2) is 8.42 Å². The number of aryl methyl sites for hydroxylation is 1. The van der Waals surface area contributed by atoms with Gasteiger partial charge in [0, 0.05) is 19.1 Å². The number of hydrogen-bond donors (Lipinski definition) is 1. The van der Waals surface area contributed by atoms with E-state index in [-0.39, 0.29) is 18.4 Å². The van der Waals surface area contributed by atoms with Gasteiger partial charge in [-0.15, -0.1) is 23.7 Å². The minimum atomic E-state index is -3.38. The second-order valence-corrected chi connectivity index (χ2v) is 9.01. The van der Waals surface area contributed by atoms with Gasteiger partial charge in [0.05, 0.1) is 3.79 Å². The highest BCUT2D eigenvalue weighted by Crippen LogP contribution is 2.34. The molecule has 0 aromatic carbocycles. The van der Waals surface area contributed by atoms with E-state index in [0.717, 1.165) is 28.6 Å². The predicted octanol–water partition coefficient (Wildman–Crippen LogP) is 2.74. The molecular formula is C11H18BrClN2O2S2. The third kappa shape index (κ3) is 3.51. The summed E-state index contributed by atoms with van der Waals surface area (Å²) in [5.74, 6) is 0. The highest BCUT2D eigenvalue weighted by molar-refractivity contribution is 9.11. The molecule has 1 aliphatic rings. The smallest absolute Gasteiger partial charge is 0.252 e. The quantitative estimate of drug-likeness (QED) is 0.864. The molecule has 4 nitrogen and oxygen atoms in total. The minimum absolute atomic E-state index is 0. The molecule has 1 aromatic heterocycles. The molecule has 1 aliphatic heterocycles. The van der Waals surface area contributed by atoms with Gasteiger partial charge in [0.1, 0.15) is 4.21 Å². The highest BCUT2D eigenvalue weighted by Gasteiger charge is 2.33. The van der Waals surface area contributed by atoms with E-state index in [0.29, 0.717) is 17.3 Å². The van der Waals surface area contributed by atoms with Crippen LogP contribution in [0.4, 0.5) is 0 Å². The summed E-state index contributed by atoms with van der Waals surface area (Å²) in [6.07, 6.45) is 2.84. The monoisotopic (exact) mass is 388 g/mol. The lowest BCUT2D eigenvalue weighted by Gasteiger charge is -2.33. The minimum Gasteiger partial charge on any atom is -0.329 e. The van der Waals surface area contributed by atoms with Crippen LogP contribution < -0.4 is 5.73 Å². The van der Waals surface area contributed by atoms with Gasteiger partial charge in [-0.1, -0.05) is 6.42 Å². The normalized spacial score (nSPS) is 21.1. The Kier molecular flexibility index (Phi) is 6.28. The molecule has 0 spiro atoms. The van der Waals surface area contributed by atoms with Gasteiger partial charge in [0.25, 0.3) is 10.0 Å². The van der Waals surface area contributed by atoms with Gasteiger partial charge < -0.3 is 5.73 Å².